The molecule has 0 aliphatic heterocycles. The molecule has 0 saturated heterocycles. The Balaban J connectivity index is 1.42. The second kappa shape index (κ2) is 9.69. The van der Waals surface area contributed by atoms with Crippen molar-refractivity contribution in [3.05, 3.63) is 89.1 Å². The normalized spacial score (nSPS) is 17.8. The molecule has 7 rings (SSSR count). The lowest BCUT2D eigenvalue weighted by Crippen LogP contribution is -2.30. The summed E-state index contributed by atoms with van der Waals surface area (Å²) in [4.78, 5) is 0. The Morgan fingerprint density at radius 2 is 1.64 bits per heavy atom. The van der Waals surface area contributed by atoms with E-state index in [1.165, 1.54) is 56.1 Å². The minimum Gasteiger partial charge on any atom is -0.454 e. The molecule has 0 amide bonds. The summed E-state index contributed by atoms with van der Waals surface area (Å²) in [7, 11) is 2.07. The third kappa shape index (κ3) is 3.97. The van der Waals surface area contributed by atoms with Crippen LogP contribution in [-0.4, -0.2) is 0 Å². The van der Waals surface area contributed by atoms with Crippen molar-refractivity contribution in [1.82, 2.24) is 0 Å². The number of benzene rings is 3. The Hall–Kier alpha value is -3.90. The van der Waals surface area contributed by atoms with Crippen LogP contribution in [0.4, 0.5) is 0 Å². The third-order valence-corrected chi connectivity index (χ3v) is 9.46. The summed E-state index contributed by atoms with van der Waals surface area (Å²) in [6, 6.07) is 24.1. The van der Waals surface area contributed by atoms with Gasteiger partial charge in [-0.15, -0.1) is 0 Å². The molecule has 1 saturated carbocycles. The first-order chi connectivity index (χ1) is 19.1. The summed E-state index contributed by atoms with van der Waals surface area (Å²) in [6.45, 7) is 2.14. The van der Waals surface area contributed by atoms with Gasteiger partial charge in [0.15, 0.2) is 6.20 Å². The smallest absolute Gasteiger partial charge is 0.216 e. The maximum atomic E-state index is 10.2. The summed E-state index contributed by atoms with van der Waals surface area (Å²) in [5.41, 5.74) is 10.8. The molecule has 5 aromatic rings. The highest BCUT2D eigenvalue weighted by Gasteiger charge is 2.30. The van der Waals surface area contributed by atoms with Crippen molar-refractivity contribution < 1.29 is 8.98 Å². The zero-order chi connectivity index (χ0) is 26.5. The van der Waals surface area contributed by atoms with Crippen LogP contribution in [0.15, 0.2) is 71.3 Å². The Bertz CT molecular complexity index is 1760. The first-order valence-corrected chi connectivity index (χ1v) is 14.6. The van der Waals surface area contributed by atoms with Gasteiger partial charge in [-0.05, 0) is 91.3 Å². The van der Waals surface area contributed by atoms with Gasteiger partial charge in [-0.2, -0.15) is 5.26 Å². The Morgan fingerprint density at radius 1 is 0.846 bits per heavy atom. The quantitative estimate of drug-likeness (QED) is 0.227. The fraction of sp³-hybridized carbons (Fsp3) is 0.333. The van der Waals surface area contributed by atoms with E-state index >= 15 is 0 Å². The number of nitriles is 1. The molecule has 1 atom stereocenters. The number of nitrogens with zero attached hydrogens (tertiary/aromatic N) is 2. The molecular formula is C36H35N2O+. The average Bonchev–Trinajstić information content (AvgIpc) is 3.35. The molecule has 1 fully saturated rings. The highest BCUT2D eigenvalue weighted by atomic mass is 16.3. The van der Waals surface area contributed by atoms with Crippen LogP contribution in [0, 0.1) is 24.2 Å². The van der Waals surface area contributed by atoms with Crippen LogP contribution < -0.4 is 4.57 Å². The summed E-state index contributed by atoms with van der Waals surface area (Å²) >= 11 is 0. The van der Waals surface area contributed by atoms with E-state index < -0.39 is 0 Å². The second-order valence-corrected chi connectivity index (χ2v) is 11.7. The number of aryl methyl sites for hydroxylation is 3. The lowest BCUT2D eigenvalue weighted by molar-refractivity contribution is -0.660. The lowest BCUT2D eigenvalue weighted by atomic mass is 9.70. The summed E-state index contributed by atoms with van der Waals surface area (Å²) in [6.07, 6.45) is 12.7. The molecule has 3 nitrogen and oxygen atoms in total. The van der Waals surface area contributed by atoms with Gasteiger partial charge < -0.3 is 4.42 Å². The zero-order valence-electron chi connectivity index (χ0n) is 23.0. The molecule has 39 heavy (non-hydrogen) atoms. The zero-order valence-corrected chi connectivity index (χ0v) is 23.0. The number of hydrogen-bond acceptors (Lipinski definition) is 2. The van der Waals surface area contributed by atoms with Crippen LogP contribution in [0.1, 0.15) is 73.1 Å². The van der Waals surface area contributed by atoms with Crippen molar-refractivity contribution in [2.75, 3.05) is 0 Å². The number of fused-ring (bicyclic) bond motifs is 4. The van der Waals surface area contributed by atoms with Crippen LogP contribution >= 0.6 is 0 Å². The van der Waals surface area contributed by atoms with E-state index in [2.05, 4.69) is 79.3 Å². The maximum absolute atomic E-state index is 10.2. The molecular weight excluding hydrogens is 476 g/mol. The Kier molecular flexibility index (Phi) is 6.00. The van der Waals surface area contributed by atoms with E-state index in [9.17, 15) is 5.26 Å². The van der Waals surface area contributed by atoms with Crippen molar-refractivity contribution >= 4 is 21.9 Å². The van der Waals surface area contributed by atoms with E-state index in [1.54, 1.807) is 5.56 Å². The molecule has 2 heterocycles. The number of aromatic nitrogens is 1. The topological polar surface area (TPSA) is 40.8 Å². The molecule has 0 N–H and O–H groups in total. The van der Waals surface area contributed by atoms with Gasteiger partial charge in [-0.3, -0.25) is 0 Å². The molecule has 2 aliphatic carbocycles. The highest BCUT2D eigenvalue weighted by molar-refractivity contribution is 6.14. The van der Waals surface area contributed by atoms with Crippen LogP contribution in [-0.2, 0) is 13.5 Å². The van der Waals surface area contributed by atoms with E-state index in [1.807, 2.05) is 12.1 Å². The lowest BCUT2D eigenvalue weighted by Gasteiger charge is -2.35. The minimum atomic E-state index is 0.671. The number of pyridine rings is 1. The monoisotopic (exact) mass is 511 g/mol. The van der Waals surface area contributed by atoms with E-state index in [-0.39, 0.29) is 0 Å². The standard InChI is InChI=1S/C36H35N2O/c1-23-14-17-30-31-19-16-27(22-37)34(36(31)39-35(30)33(23)32-13-6-7-20-38(32)2)26-15-18-29-25(21-26)11-8-12-28(29)24-9-4-3-5-10-24/h6-7,13-21,24,28H,3-5,8-12H2,1-2H3/q+1. The molecule has 0 spiro atoms. The first kappa shape index (κ1) is 24.2. The van der Waals surface area contributed by atoms with E-state index in [0.717, 1.165) is 56.7 Å². The van der Waals surface area contributed by atoms with Gasteiger partial charge in [-0.1, -0.05) is 49.6 Å². The van der Waals surface area contributed by atoms with Crippen molar-refractivity contribution in [3.63, 3.8) is 0 Å². The summed E-state index contributed by atoms with van der Waals surface area (Å²) < 4.78 is 8.94. The van der Waals surface area contributed by atoms with E-state index in [0.29, 0.717) is 11.5 Å². The summed E-state index contributed by atoms with van der Waals surface area (Å²) in [5.74, 6) is 1.52. The second-order valence-electron chi connectivity index (χ2n) is 11.7. The predicted octanol–water partition coefficient (Wildman–Crippen LogP) is 8.92. The Labute approximate surface area is 230 Å². The molecule has 2 aliphatic rings. The minimum absolute atomic E-state index is 0.671. The molecule has 3 heteroatoms. The Morgan fingerprint density at radius 3 is 2.44 bits per heavy atom. The van der Waals surface area contributed by atoms with Gasteiger partial charge in [0, 0.05) is 28.5 Å². The van der Waals surface area contributed by atoms with Crippen molar-refractivity contribution in [2.45, 2.75) is 64.2 Å². The maximum Gasteiger partial charge on any atom is 0.216 e. The SMILES string of the molecule is Cc1ccc2c(oc3c(-c4ccc5c(c4)CCCC5C4CCCCC4)c(C#N)ccc32)c1-c1cccc[n+]1C. The predicted molar refractivity (Wildman–Crippen MR) is 157 cm³/mol. The van der Waals surface area contributed by atoms with Gasteiger partial charge in [0.25, 0.3) is 0 Å². The third-order valence-electron chi connectivity index (χ3n) is 9.46. The van der Waals surface area contributed by atoms with Gasteiger partial charge >= 0.3 is 0 Å². The largest absolute Gasteiger partial charge is 0.454 e. The summed E-state index contributed by atoms with van der Waals surface area (Å²) in [5, 5.41) is 12.3. The number of hydrogen-bond donors (Lipinski definition) is 0. The van der Waals surface area contributed by atoms with E-state index in [4.69, 9.17) is 4.42 Å². The molecule has 194 valence electrons. The molecule has 1 unspecified atom stereocenters. The molecule has 0 radical (unpaired) electrons. The fourth-order valence-corrected chi connectivity index (χ4v) is 7.52. The van der Waals surface area contributed by atoms with Crippen LogP contribution in [0.3, 0.4) is 0 Å². The fourth-order valence-electron chi connectivity index (χ4n) is 7.52. The number of furan rings is 1. The van der Waals surface area contributed by atoms with Gasteiger partial charge in [-0.25, -0.2) is 4.57 Å². The van der Waals surface area contributed by atoms with Crippen LogP contribution in [0.5, 0.6) is 0 Å². The average molecular weight is 512 g/mol. The first-order valence-electron chi connectivity index (χ1n) is 14.6. The van der Waals surface area contributed by atoms with Crippen LogP contribution in [0.2, 0.25) is 0 Å². The van der Waals surface area contributed by atoms with Gasteiger partial charge in [0.05, 0.1) is 17.2 Å². The van der Waals surface area contributed by atoms with Gasteiger partial charge in [0.2, 0.25) is 5.69 Å². The molecule has 3 aromatic carbocycles. The number of rotatable bonds is 3. The van der Waals surface area contributed by atoms with Crippen molar-refractivity contribution in [1.29, 1.82) is 5.26 Å². The van der Waals surface area contributed by atoms with Gasteiger partial charge in [0.1, 0.15) is 18.2 Å². The molecule has 2 aromatic heterocycles. The van der Waals surface area contributed by atoms with Crippen molar-refractivity contribution in [2.24, 2.45) is 13.0 Å². The highest BCUT2D eigenvalue weighted by Crippen LogP contribution is 2.46. The van der Waals surface area contributed by atoms with Crippen LogP contribution in [0.25, 0.3) is 44.3 Å². The van der Waals surface area contributed by atoms with Crippen molar-refractivity contribution in [3.8, 4) is 28.5 Å². The molecule has 0 bridgehead atoms.